The van der Waals surface area contributed by atoms with E-state index < -0.39 is 11.9 Å². The standard InChI is InChI=1S/C14H21NO5/c1-2-20-12(16)8-15(11-5-6-11)13(17)9-3-4-10(7-9)14(18)19/h9-11H,2-8H2,1H3,(H,18,19)/t9-,10+/m1/s1. The van der Waals surface area contributed by atoms with Gasteiger partial charge in [-0.15, -0.1) is 0 Å². The van der Waals surface area contributed by atoms with Crippen LogP contribution in [0.15, 0.2) is 0 Å². The molecule has 2 fully saturated rings. The monoisotopic (exact) mass is 283 g/mol. The van der Waals surface area contributed by atoms with Crippen molar-refractivity contribution in [3.05, 3.63) is 0 Å². The Hall–Kier alpha value is -1.59. The highest BCUT2D eigenvalue weighted by atomic mass is 16.5. The van der Waals surface area contributed by atoms with Gasteiger partial charge < -0.3 is 14.7 Å². The van der Waals surface area contributed by atoms with Crippen LogP contribution in [0.25, 0.3) is 0 Å². The van der Waals surface area contributed by atoms with Gasteiger partial charge in [-0.05, 0) is 39.0 Å². The average Bonchev–Trinajstić information content (AvgIpc) is 3.11. The van der Waals surface area contributed by atoms with Crippen molar-refractivity contribution in [2.75, 3.05) is 13.2 Å². The molecule has 0 heterocycles. The molecule has 2 rings (SSSR count). The average molecular weight is 283 g/mol. The van der Waals surface area contributed by atoms with Gasteiger partial charge in [0.15, 0.2) is 0 Å². The lowest BCUT2D eigenvalue weighted by Gasteiger charge is -2.24. The largest absolute Gasteiger partial charge is 0.481 e. The van der Waals surface area contributed by atoms with Gasteiger partial charge in [0.25, 0.3) is 0 Å². The van der Waals surface area contributed by atoms with E-state index in [0.717, 1.165) is 12.8 Å². The summed E-state index contributed by atoms with van der Waals surface area (Å²) >= 11 is 0. The molecular weight excluding hydrogens is 262 g/mol. The van der Waals surface area contributed by atoms with Gasteiger partial charge in [-0.25, -0.2) is 0 Å². The third-order valence-corrected chi connectivity index (χ3v) is 4.01. The fourth-order valence-corrected chi connectivity index (χ4v) is 2.78. The summed E-state index contributed by atoms with van der Waals surface area (Å²) in [6, 6.07) is 0.135. The first-order chi connectivity index (χ1) is 9.52. The molecule has 1 N–H and O–H groups in total. The van der Waals surface area contributed by atoms with Crippen molar-refractivity contribution in [3.8, 4) is 0 Å². The first kappa shape index (κ1) is 14.8. The molecule has 6 nitrogen and oxygen atoms in total. The molecule has 0 radical (unpaired) electrons. The Kier molecular flexibility index (Phi) is 4.62. The number of aliphatic carboxylic acids is 1. The van der Waals surface area contributed by atoms with Crippen LogP contribution in [0.5, 0.6) is 0 Å². The molecule has 20 heavy (non-hydrogen) atoms. The Bertz CT molecular complexity index is 404. The number of hydrogen-bond donors (Lipinski definition) is 1. The number of rotatable bonds is 6. The summed E-state index contributed by atoms with van der Waals surface area (Å²) in [7, 11) is 0. The fraction of sp³-hybridized carbons (Fsp3) is 0.786. The zero-order chi connectivity index (χ0) is 14.7. The van der Waals surface area contributed by atoms with Crippen molar-refractivity contribution in [2.24, 2.45) is 11.8 Å². The molecule has 0 saturated heterocycles. The summed E-state index contributed by atoms with van der Waals surface area (Å²) in [4.78, 5) is 36.6. The molecule has 2 saturated carbocycles. The van der Waals surface area contributed by atoms with Gasteiger partial charge in [0.1, 0.15) is 6.54 Å². The van der Waals surface area contributed by atoms with Gasteiger partial charge in [-0.1, -0.05) is 0 Å². The van der Waals surface area contributed by atoms with Crippen molar-refractivity contribution in [3.63, 3.8) is 0 Å². The number of amides is 1. The maximum absolute atomic E-state index is 12.5. The molecule has 2 atom stereocenters. The first-order valence-electron chi connectivity index (χ1n) is 7.21. The van der Waals surface area contributed by atoms with E-state index in [-0.39, 0.29) is 30.4 Å². The number of carbonyl (C=O) groups excluding carboxylic acids is 2. The van der Waals surface area contributed by atoms with Gasteiger partial charge in [0.2, 0.25) is 5.91 Å². The number of esters is 1. The van der Waals surface area contributed by atoms with Crippen molar-refractivity contribution in [1.29, 1.82) is 0 Å². The Morgan fingerprint density at radius 1 is 1.15 bits per heavy atom. The maximum Gasteiger partial charge on any atom is 0.325 e. The summed E-state index contributed by atoms with van der Waals surface area (Å²) in [5.74, 6) is -1.98. The molecular formula is C14H21NO5. The highest BCUT2D eigenvalue weighted by molar-refractivity contribution is 5.85. The molecule has 0 aliphatic heterocycles. The Morgan fingerprint density at radius 2 is 1.80 bits per heavy atom. The summed E-state index contributed by atoms with van der Waals surface area (Å²) in [5.41, 5.74) is 0. The van der Waals surface area contributed by atoms with E-state index in [0.29, 0.717) is 25.9 Å². The van der Waals surface area contributed by atoms with Crippen molar-refractivity contribution in [1.82, 2.24) is 4.90 Å². The number of carbonyl (C=O) groups is 3. The highest BCUT2D eigenvalue weighted by Gasteiger charge is 2.41. The summed E-state index contributed by atoms with van der Waals surface area (Å²) in [5, 5.41) is 8.99. The fourth-order valence-electron chi connectivity index (χ4n) is 2.78. The SMILES string of the molecule is CCOC(=O)CN(C(=O)[C@@H]1CC[C@H](C(=O)O)C1)C1CC1. The summed E-state index contributed by atoms with van der Waals surface area (Å²) in [6.07, 6.45) is 3.37. The minimum atomic E-state index is -0.830. The maximum atomic E-state index is 12.5. The van der Waals surface area contributed by atoms with E-state index in [2.05, 4.69) is 0 Å². The van der Waals surface area contributed by atoms with Crippen molar-refractivity contribution in [2.45, 2.75) is 45.1 Å². The topological polar surface area (TPSA) is 83.9 Å². The molecule has 6 heteroatoms. The lowest BCUT2D eigenvalue weighted by Crippen LogP contribution is -2.41. The third-order valence-electron chi connectivity index (χ3n) is 4.01. The first-order valence-corrected chi connectivity index (χ1v) is 7.21. The zero-order valence-corrected chi connectivity index (χ0v) is 11.7. The molecule has 0 aromatic rings. The zero-order valence-electron chi connectivity index (χ0n) is 11.7. The minimum absolute atomic E-state index is 0.00836. The van der Waals surface area contributed by atoms with Crippen LogP contribution in [0.2, 0.25) is 0 Å². The van der Waals surface area contributed by atoms with Crippen molar-refractivity contribution < 1.29 is 24.2 Å². The number of carboxylic acid groups (broad SMARTS) is 1. The number of carboxylic acids is 1. The third kappa shape index (κ3) is 3.49. The van der Waals surface area contributed by atoms with Crippen LogP contribution in [-0.4, -0.2) is 47.0 Å². The van der Waals surface area contributed by atoms with Crippen LogP contribution in [0.4, 0.5) is 0 Å². The number of ether oxygens (including phenoxy) is 1. The summed E-state index contributed by atoms with van der Waals surface area (Å²) < 4.78 is 4.90. The second-order valence-corrected chi connectivity index (χ2v) is 5.55. The Labute approximate surface area is 118 Å². The lowest BCUT2D eigenvalue weighted by atomic mass is 10.0. The molecule has 0 aromatic heterocycles. The van der Waals surface area contributed by atoms with E-state index in [1.54, 1.807) is 11.8 Å². The van der Waals surface area contributed by atoms with E-state index in [9.17, 15) is 14.4 Å². The summed E-state index contributed by atoms with van der Waals surface area (Å²) in [6.45, 7) is 2.03. The van der Waals surface area contributed by atoms with Gasteiger partial charge in [0, 0.05) is 12.0 Å². The quantitative estimate of drug-likeness (QED) is 0.736. The van der Waals surface area contributed by atoms with Gasteiger partial charge in [-0.3, -0.25) is 14.4 Å². The second-order valence-electron chi connectivity index (χ2n) is 5.55. The van der Waals surface area contributed by atoms with E-state index in [1.807, 2.05) is 0 Å². The normalized spacial score (nSPS) is 25.2. The van der Waals surface area contributed by atoms with Crippen LogP contribution in [0.1, 0.15) is 39.0 Å². The molecule has 0 spiro atoms. The van der Waals surface area contributed by atoms with E-state index in [4.69, 9.17) is 9.84 Å². The van der Waals surface area contributed by atoms with Crippen molar-refractivity contribution >= 4 is 17.8 Å². The smallest absolute Gasteiger partial charge is 0.325 e. The van der Waals surface area contributed by atoms with E-state index >= 15 is 0 Å². The molecule has 0 aromatic carbocycles. The van der Waals surface area contributed by atoms with Gasteiger partial charge >= 0.3 is 11.9 Å². The molecule has 0 bridgehead atoms. The number of hydrogen-bond acceptors (Lipinski definition) is 4. The minimum Gasteiger partial charge on any atom is -0.481 e. The molecule has 2 aliphatic carbocycles. The van der Waals surface area contributed by atoms with Crippen LogP contribution in [-0.2, 0) is 19.1 Å². The highest BCUT2D eigenvalue weighted by Crippen LogP contribution is 2.35. The molecule has 1 amide bonds. The number of nitrogens with zero attached hydrogens (tertiary/aromatic N) is 1. The lowest BCUT2D eigenvalue weighted by molar-refractivity contribution is -0.151. The van der Waals surface area contributed by atoms with Crippen LogP contribution in [0, 0.1) is 11.8 Å². The van der Waals surface area contributed by atoms with E-state index in [1.165, 1.54) is 0 Å². The van der Waals surface area contributed by atoms with Crippen LogP contribution < -0.4 is 0 Å². The second kappa shape index (κ2) is 6.24. The Morgan fingerprint density at radius 3 is 2.30 bits per heavy atom. The van der Waals surface area contributed by atoms with Gasteiger partial charge in [0.05, 0.1) is 12.5 Å². The molecule has 0 unspecified atom stereocenters. The Balaban J connectivity index is 1.94. The van der Waals surface area contributed by atoms with Crippen LogP contribution >= 0.6 is 0 Å². The molecule has 112 valence electrons. The predicted molar refractivity (Wildman–Crippen MR) is 69.8 cm³/mol. The van der Waals surface area contributed by atoms with Crippen LogP contribution in [0.3, 0.4) is 0 Å². The molecule has 2 aliphatic rings. The van der Waals surface area contributed by atoms with Gasteiger partial charge in [-0.2, -0.15) is 0 Å². The predicted octanol–water partition coefficient (Wildman–Crippen LogP) is 1.04.